The van der Waals surface area contributed by atoms with Crippen LogP contribution in [0.15, 0.2) is 65.4 Å². The van der Waals surface area contributed by atoms with Crippen LogP contribution >= 0.6 is 22.9 Å². The van der Waals surface area contributed by atoms with Crippen LogP contribution in [0.3, 0.4) is 0 Å². The minimum absolute atomic E-state index is 0.779. The fourth-order valence-electron chi connectivity index (χ4n) is 3.43. The third-order valence-corrected chi connectivity index (χ3v) is 5.97. The van der Waals surface area contributed by atoms with Crippen LogP contribution in [0, 0.1) is 0 Å². The molecule has 0 aliphatic rings. The van der Waals surface area contributed by atoms with Gasteiger partial charge in [0.2, 0.25) is 0 Å². The molecule has 0 unspecified atom stereocenters. The monoisotopic (exact) mass is 422 g/mol. The van der Waals surface area contributed by atoms with Crippen molar-refractivity contribution in [1.29, 1.82) is 0 Å². The Morgan fingerprint density at radius 2 is 1.90 bits per heavy atom. The van der Waals surface area contributed by atoms with Crippen LogP contribution in [-0.2, 0) is 13.0 Å². The molecule has 4 aromatic rings. The topological polar surface area (TPSA) is 25.4 Å². The van der Waals surface area contributed by atoms with Gasteiger partial charge < -0.3 is 9.64 Å². The van der Waals surface area contributed by atoms with Crippen LogP contribution in [0.1, 0.15) is 11.1 Å². The molecule has 0 bridgehead atoms. The number of hydrogen-bond donors (Lipinski definition) is 0. The number of aromatic nitrogens is 1. The van der Waals surface area contributed by atoms with Crippen molar-refractivity contribution in [3.63, 3.8) is 0 Å². The number of fused-ring (bicyclic) bond motifs is 1. The molecule has 0 amide bonds. The Hall–Kier alpha value is -2.40. The maximum absolute atomic E-state index is 5.99. The molecule has 0 N–H and O–H groups in total. The Bertz CT molecular complexity index is 1090. The Kier molecular flexibility index (Phi) is 6.14. The first kappa shape index (κ1) is 19.9. The van der Waals surface area contributed by atoms with Crippen LogP contribution in [0.5, 0.6) is 5.75 Å². The summed E-state index contributed by atoms with van der Waals surface area (Å²) in [6.07, 6.45) is 0.986. The fraction of sp³-hybridized carbons (Fsp3) is 0.208. The zero-order chi connectivity index (χ0) is 20.2. The van der Waals surface area contributed by atoms with E-state index in [2.05, 4.69) is 53.0 Å². The molecule has 0 saturated heterocycles. The average molecular weight is 423 g/mol. The first-order chi connectivity index (χ1) is 14.1. The molecular formula is C24H23ClN2OS. The lowest BCUT2D eigenvalue weighted by molar-refractivity contribution is 0.331. The Morgan fingerprint density at radius 1 is 1.07 bits per heavy atom. The van der Waals surface area contributed by atoms with Crippen LogP contribution in [0.25, 0.3) is 22.2 Å². The second-order valence-electron chi connectivity index (χ2n) is 7.18. The summed E-state index contributed by atoms with van der Waals surface area (Å²) in [7, 11) is 3.84. The van der Waals surface area contributed by atoms with Gasteiger partial charge in [0.05, 0.1) is 18.3 Å². The lowest BCUT2D eigenvalue weighted by Crippen LogP contribution is -2.21. The second kappa shape index (κ2) is 8.95. The van der Waals surface area contributed by atoms with Gasteiger partial charge in [0.15, 0.2) is 0 Å². The lowest BCUT2D eigenvalue weighted by Gasteiger charge is -2.19. The minimum atomic E-state index is 0.779. The van der Waals surface area contributed by atoms with Gasteiger partial charge in [-0.3, -0.25) is 0 Å². The van der Waals surface area contributed by atoms with Crippen LogP contribution < -0.4 is 4.74 Å². The van der Waals surface area contributed by atoms with Gasteiger partial charge in [0, 0.05) is 40.5 Å². The van der Waals surface area contributed by atoms with Crippen LogP contribution in [0.4, 0.5) is 0 Å². The average Bonchev–Trinajstić information content (AvgIpc) is 3.27. The predicted octanol–water partition coefficient (Wildman–Crippen LogP) is 6.30. The number of nitrogens with zero attached hydrogens (tertiary/aromatic N) is 2. The maximum Gasteiger partial charge on any atom is 0.121 e. The smallest absolute Gasteiger partial charge is 0.121 e. The standard InChI is InChI=1S/C24H23ClN2OS/c1-27(11-9-17-3-6-21(25)7-4-17)15-20-13-18-5-8-22(28-2)14-23(18)26-24(20)19-10-12-29-16-19/h3-8,10,12-14,16H,9,11,15H2,1-2H3. The minimum Gasteiger partial charge on any atom is -0.497 e. The van der Waals surface area contributed by atoms with Crippen molar-refractivity contribution in [1.82, 2.24) is 9.88 Å². The number of halogens is 1. The summed E-state index contributed by atoms with van der Waals surface area (Å²) in [5.41, 5.74) is 5.70. The Morgan fingerprint density at radius 3 is 2.62 bits per heavy atom. The molecular weight excluding hydrogens is 400 g/mol. The summed E-state index contributed by atoms with van der Waals surface area (Å²) in [6.45, 7) is 1.80. The zero-order valence-corrected chi connectivity index (χ0v) is 18.1. The zero-order valence-electron chi connectivity index (χ0n) is 16.6. The van der Waals surface area contributed by atoms with E-state index in [1.165, 1.54) is 16.7 Å². The largest absolute Gasteiger partial charge is 0.497 e. The van der Waals surface area contributed by atoms with Crippen molar-refractivity contribution in [2.45, 2.75) is 13.0 Å². The molecule has 4 rings (SSSR count). The summed E-state index contributed by atoms with van der Waals surface area (Å²) >= 11 is 7.68. The number of ether oxygens (including phenoxy) is 1. The molecule has 2 heterocycles. The summed E-state index contributed by atoms with van der Waals surface area (Å²) in [5.74, 6) is 0.828. The molecule has 0 aliphatic heterocycles. The molecule has 0 spiro atoms. The van der Waals surface area contributed by atoms with E-state index in [0.717, 1.165) is 46.9 Å². The van der Waals surface area contributed by atoms with Gasteiger partial charge in [-0.25, -0.2) is 4.98 Å². The van der Waals surface area contributed by atoms with Crippen molar-refractivity contribution in [3.05, 3.63) is 81.5 Å². The highest BCUT2D eigenvalue weighted by Gasteiger charge is 2.13. The summed E-state index contributed by atoms with van der Waals surface area (Å²) in [6, 6.07) is 18.6. The molecule has 0 radical (unpaired) electrons. The van der Waals surface area contributed by atoms with E-state index in [4.69, 9.17) is 21.3 Å². The SMILES string of the molecule is COc1ccc2cc(CN(C)CCc3ccc(Cl)cc3)c(-c3ccsc3)nc2c1. The van der Waals surface area contributed by atoms with Crippen molar-refractivity contribution < 1.29 is 4.74 Å². The van der Waals surface area contributed by atoms with Gasteiger partial charge >= 0.3 is 0 Å². The summed E-state index contributed by atoms with van der Waals surface area (Å²) in [5, 5.41) is 6.17. The van der Waals surface area contributed by atoms with Gasteiger partial charge in [-0.05, 0) is 66.4 Å². The quantitative estimate of drug-likeness (QED) is 0.349. The van der Waals surface area contributed by atoms with Gasteiger partial charge in [0.1, 0.15) is 5.75 Å². The molecule has 0 aliphatic carbocycles. The van der Waals surface area contributed by atoms with Gasteiger partial charge in [-0.15, -0.1) is 0 Å². The molecule has 0 fully saturated rings. The van der Waals surface area contributed by atoms with Crippen molar-refractivity contribution >= 4 is 33.8 Å². The third-order valence-electron chi connectivity index (χ3n) is 5.03. The van der Waals surface area contributed by atoms with Gasteiger partial charge in [-0.1, -0.05) is 23.7 Å². The van der Waals surface area contributed by atoms with E-state index in [-0.39, 0.29) is 0 Å². The van der Waals surface area contributed by atoms with Crippen LogP contribution in [0.2, 0.25) is 5.02 Å². The maximum atomic E-state index is 5.99. The molecule has 5 heteroatoms. The number of rotatable bonds is 7. The Balaban J connectivity index is 1.59. The van der Waals surface area contributed by atoms with E-state index in [9.17, 15) is 0 Å². The molecule has 0 atom stereocenters. The van der Waals surface area contributed by atoms with E-state index >= 15 is 0 Å². The lowest BCUT2D eigenvalue weighted by atomic mass is 10.0. The second-order valence-corrected chi connectivity index (χ2v) is 8.40. The summed E-state index contributed by atoms with van der Waals surface area (Å²) in [4.78, 5) is 7.34. The number of thiophene rings is 1. The third kappa shape index (κ3) is 4.78. The van der Waals surface area contributed by atoms with Crippen molar-refractivity contribution in [3.8, 4) is 17.0 Å². The van der Waals surface area contributed by atoms with Crippen molar-refractivity contribution in [2.24, 2.45) is 0 Å². The molecule has 2 aromatic carbocycles. The molecule has 2 aromatic heterocycles. The number of pyridine rings is 1. The highest BCUT2D eigenvalue weighted by atomic mass is 35.5. The summed E-state index contributed by atoms with van der Waals surface area (Å²) < 4.78 is 5.37. The van der Waals surface area contributed by atoms with E-state index in [1.807, 2.05) is 24.3 Å². The fourth-order valence-corrected chi connectivity index (χ4v) is 4.19. The van der Waals surface area contributed by atoms with Crippen LogP contribution in [-0.4, -0.2) is 30.6 Å². The first-order valence-electron chi connectivity index (χ1n) is 9.55. The molecule has 0 saturated carbocycles. The normalized spacial score (nSPS) is 11.3. The molecule has 148 valence electrons. The molecule has 3 nitrogen and oxygen atoms in total. The number of methoxy groups -OCH3 is 1. The first-order valence-corrected chi connectivity index (χ1v) is 10.9. The van der Waals surface area contributed by atoms with Gasteiger partial charge in [0.25, 0.3) is 0 Å². The number of hydrogen-bond acceptors (Lipinski definition) is 4. The van der Waals surface area contributed by atoms with Crippen molar-refractivity contribution in [2.75, 3.05) is 20.7 Å². The Labute approximate surface area is 180 Å². The van der Waals surface area contributed by atoms with E-state index in [0.29, 0.717) is 0 Å². The number of benzene rings is 2. The highest BCUT2D eigenvalue weighted by Crippen LogP contribution is 2.30. The molecule has 29 heavy (non-hydrogen) atoms. The van der Waals surface area contributed by atoms with Gasteiger partial charge in [-0.2, -0.15) is 11.3 Å². The van der Waals surface area contributed by atoms with E-state index in [1.54, 1.807) is 18.4 Å². The van der Waals surface area contributed by atoms with E-state index < -0.39 is 0 Å². The predicted molar refractivity (Wildman–Crippen MR) is 123 cm³/mol. The highest BCUT2D eigenvalue weighted by molar-refractivity contribution is 7.08. The number of likely N-dealkylation sites (N-methyl/N-ethyl adjacent to an activating group) is 1.